The molecule has 1 aromatic carbocycles. The van der Waals surface area contributed by atoms with Crippen LogP contribution in [0.4, 0.5) is 0 Å². The number of nitriles is 1. The molecule has 0 aromatic heterocycles. The lowest BCUT2D eigenvalue weighted by molar-refractivity contribution is 0.248. The molecule has 0 saturated heterocycles. The van der Waals surface area contributed by atoms with E-state index in [0.717, 1.165) is 5.56 Å². The summed E-state index contributed by atoms with van der Waals surface area (Å²) in [5, 5.41) is 8.68. The van der Waals surface area contributed by atoms with Crippen molar-refractivity contribution >= 4 is 6.08 Å². The molecule has 0 bridgehead atoms. The van der Waals surface area contributed by atoms with E-state index in [1.54, 1.807) is 6.08 Å². The van der Waals surface area contributed by atoms with Crippen LogP contribution < -0.4 is 0 Å². The third-order valence-electron chi connectivity index (χ3n) is 1.51. The topological polar surface area (TPSA) is 33.0 Å². The molecule has 0 radical (unpaired) electrons. The van der Waals surface area contributed by atoms with E-state index in [-0.39, 0.29) is 0 Å². The summed E-state index contributed by atoms with van der Waals surface area (Å²) in [6, 6.07) is 11.6. The van der Waals surface area contributed by atoms with Crippen LogP contribution in [0, 0.1) is 11.3 Å². The van der Waals surface area contributed by atoms with E-state index in [1.165, 1.54) is 0 Å². The molecule has 0 amide bonds. The predicted octanol–water partition coefficient (Wildman–Crippen LogP) is 2.59. The number of ether oxygens (including phenoxy) is 1. The number of nitrogens with zero attached hydrogens (tertiary/aromatic N) is 1. The van der Waals surface area contributed by atoms with E-state index in [2.05, 4.69) is 0 Å². The lowest BCUT2D eigenvalue weighted by atomic mass is 10.2. The predicted molar refractivity (Wildman–Crippen MR) is 51.7 cm³/mol. The molecule has 0 fully saturated rings. The Morgan fingerprint density at radius 2 is 2.15 bits per heavy atom. The SMILES string of the molecule is CCOC(C#N)=Cc1ccccc1. The van der Waals surface area contributed by atoms with Crippen LogP contribution in [-0.2, 0) is 4.74 Å². The number of hydrogen-bond donors (Lipinski definition) is 0. The lowest BCUT2D eigenvalue weighted by Gasteiger charge is -1.98. The van der Waals surface area contributed by atoms with Gasteiger partial charge in [0, 0.05) is 0 Å². The van der Waals surface area contributed by atoms with Crippen molar-refractivity contribution in [3.63, 3.8) is 0 Å². The van der Waals surface area contributed by atoms with Crippen LogP contribution in [0.15, 0.2) is 36.1 Å². The second kappa shape index (κ2) is 5.00. The van der Waals surface area contributed by atoms with Gasteiger partial charge in [-0.3, -0.25) is 0 Å². The monoisotopic (exact) mass is 173 g/mol. The summed E-state index contributed by atoms with van der Waals surface area (Å²) in [6.45, 7) is 2.38. The molecule has 0 N–H and O–H groups in total. The Labute approximate surface area is 78.1 Å². The van der Waals surface area contributed by atoms with Crippen LogP contribution in [0.2, 0.25) is 0 Å². The second-order valence-corrected chi connectivity index (χ2v) is 2.46. The van der Waals surface area contributed by atoms with E-state index in [9.17, 15) is 0 Å². The van der Waals surface area contributed by atoms with Crippen LogP contribution >= 0.6 is 0 Å². The molecule has 0 unspecified atom stereocenters. The molecule has 66 valence electrons. The number of benzene rings is 1. The third-order valence-corrected chi connectivity index (χ3v) is 1.51. The van der Waals surface area contributed by atoms with Gasteiger partial charge >= 0.3 is 0 Å². The van der Waals surface area contributed by atoms with E-state index >= 15 is 0 Å². The highest BCUT2D eigenvalue weighted by atomic mass is 16.5. The summed E-state index contributed by atoms with van der Waals surface area (Å²) in [5.74, 6) is 0.355. The first kappa shape index (κ1) is 9.34. The van der Waals surface area contributed by atoms with Crippen LogP contribution in [0.5, 0.6) is 0 Å². The Hall–Kier alpha value is -1.75. The van der Waals surface area contributed by atoms with Crippen LogP contribution in [-0.4, -0.2) is 6.61 Å². The summed E-state index contributed by atoms with van der Waals surface area (Å²) < 4.78 is 5.10. The fourth-order valence-electron chi connectivity index (χ4n) is 0.962. The van der Waals surface area contributed by atoms with Gasteiger partial charge in [0.15, 0.2) is 5.76 Å². The van der Waals surface area contributed by atoms with Gasteiger partial charge in [0.25, 0.3) is 0 Å². The molecule has 0 heterocycles. The van der Waals surface area contributed by atoms with Crippen molar-refractivity contribution in [1.29, 1.82) is 5.26 Å². The largest absolute Gasteiger partial charge is 0.484 e. The minimum Gasteiger partial charge on any atom is -0.484 e. The van der Waals surface area contributed by atoms with Gasteiger partial charge in [-0.15, -0.1) is 0 Å². The third kappa shape index (κ3) is 3.00. The Morgan fingerprint density at radius 1 is 1.46 bits per heavy atom. The molecule has 0 spiro atoms. The molecular formula is C11H11NO. The summed E-state index contributed by atoms with van der Waals surface area (Å²) in [7, 11) is 0. The van der Waals surface area contributed by atoms with Crippen LogP contribution in [0.25, 0.3) is 6.08 Å². The number of rotatable bonds is 3. The minimum atomic E-state index is 0.355. The number of hydrogen-bond acceptors (Lipinski definition) is 2. The van der Waals surface area contributed by atoms with Gasteiger partial charge < -0.3 is 4.74 Å². The van der Waals surface area contributed by atoms with Gasteiger partial charge in [0.05, 0.1) is 6.61 Å². The van der Waals surface area contributed by atoms with Crippen molar-refractivity contribution in [2.75, 3.05) is 6.61 Å². The van der Waals surface area contributed by atoms with E-state index < -0.39 is 0 Å². The van der Waals surface area contributed by atoms with Crippen molar-refractivity contribution in [3.05, 3.63) is 41.7 Å². The highest BCUT2D eigenvalue weighted by Gasteiger charge is 1.93. The summed E-state index contributed by atoms with van der Waals surface area (Å²) in [5.41, 5.74) is 0.979. The minimum absolute atomic E-state index is 0.355. The zero-order valence-corrected chi connectivity index (χ0v) is 7.53. The maximum atomic E-state index is 8.68. The molecule has 2 heteroatoms. The zero-order chi connectivity index (χ0) is 9.52. The molecule has 0 aliphatic heterocycles. The summed E-state index contributed by atoms with van der Waals surface area (Å²) >= 11 is 0. The van der Waals surface area contributed by atoms with Crippen molar-refractivity contribution in [3.8, 4) is 6.07 Å². The zero-order valence-electron chi connectivity index (χ0n) is 7.53. The van der Waals surface area contributed by atoms with Gasteiger partial charge in [-0.25, -0.2) is 0 Å². The Balaban J connectivity index is 2.81. The summed E-state index contributed by atoms with van der Waals surface area (Å²) in [4.78, 5) is 0. The average Bonchev–Trinajstić information content (AvgIpc) is 2.19. The quantitative estimate of drug-likeness (QED) is 0.520. The molecule has 1 rings (SSSR count). The molecule has 0 atom stereocenters. The molecule has 0 saturated carbocycles. The first-order valence-electron chi connectivity index (χ1n) is 4.16. The smallest absolute Gasteiger partial charge is 0.197 e. The lowest BCUT2D eigenvalue weighted by Crippen LogP contribution is -1.87. The molecule has 1 aromatic rings. The molecular weight excluding hydrogens is 162 g/mol. The van der Waals surface area contributed by atoms with Gasteiger partial charge in [0.1, 0.15) is 6.07 Å². The molecule has 0 aliphatic rings. The average molecular weight is 173 g/mol. The van der Waals surface area contributed by atoms with Crippen molar-refractivity contribution in [1.82, 2.24) is 0 Å². The van der Waals surface area contributed by atoms with Crippen LogP contribution in [0.3, 0.4) is 0 Å². The Morgan fingerprint density at radius 3 is 2.69 bits per heavy atom. The highest BCUT2D eigenvalue weighted by molar-refractivity contribution is 5.54. The fraction of sp³-hybridized carbons (Fsp3) is 0.182. The van der Waals surface area contributed by atoms with Crippen molar-refractivity contribution in [2.24, 2.45) is 0 Å². The molecule has 13 heavy (non-hydrogen) atoms. The molecule has 2 nitrogen and oxygen atoms in total. The first-order valence-corrected chi connectivity index (χ1v) is 4.16. The standard InChI is InChI=1S/C11H11NO/c1-2-13-11(9-12)8-10-6-4-3-5-7-10/h3-8H,2H2,1H3. The number of allylic oxidation sites excluding steroid dienone is 1. The fourth-order valence-corrected chi connectivity index (χ4v) is 0.962. The normalized spacial score (nSPS) is 10.6. The van der Waals surface area contributed by atoms with E-state index in [4.69, 9.17) is 10.00 Å². The molecule has 0 aliphatic carbocycles. The van der Waals surface area contributed by atoms with E-state index in [0.29, 0.717) is 12.4 Å². The second-order valence-electron chi connectivity index (χ2n) is 2.46. The van der Waals surface area contributed by atoms with Gasteiger partial charge in [-0.2, -0.15) is 5.26 Å². The first-order chi connectivity index (χ1) is 6.36. The maximum Gasteiger partial charge on any atom is 0.197 e. The van der Waals surface area contributed by atoms with Crippen molar-refractivity contribution < 1.29 is 4.74 Å². The van der Waals surface area contributed by atoms with Gasteiger partial charge in [-0.05, 0) is 18.6 Å². The van der Waals surface area contributed by atoms with Crippen molar-refractivity contribution in [2.45, 2.75) is 6.92 Å². The van der Waals surface area contributed by atoms with Gasteiger partial charge in [0.2, 0.25) is 0 Å². The Bertz CT molecular complexity index is 322. The van der Waals surface area contributed by atoms with Gasteiger partial charge in [-0.1, -0.05) is 30.3 Å². The highest BCUT2D eigenvalue weighted by Crippen LogP contribution is 2.06. The van der Waals surface area contributed by atoms with Crippen LogP contribution in [0.1, 0.15) is 12.5 Å². The maximum absolute atomic E-state index is 8.68. The summed E-state index contributed by atoms with van der Waals surface area (Å²) in [6.07, 6.45) is 1.73. The van der Waals surface area contributed by atoms with E-state index in [1.807, 2.05) is 43.3 Å². The Kier molecular flexibility index (Phi) is 3.59.